The molecule has 0 bridgehead atoms. The van der Waals surface area contributed by atoms with Crippen LogP contribution >= 0.6 is 11.8 Å². The fourth-order valence-electron chi connectivity index (χ4n) is 2.76. The number of alkyl halides is 3. The van der Waals surface area contributed by atoms with Gasteiger partial charge in [-0.2, -0.15) is 18.4 Å². The topological polar surface area (TPSA) is 126 Å². The Hall–Kier alpha value is -3.53. The van der Waals surface area contributed by atoms with Gasteiger partial charge in [0, 0.05) is 6.54 Å². The average Bonchev–Trinajstić information content (AvgIpc) is 3.12. The third kappa shape index (κ3) is 5.79. The van der Waals surface area contributed by atoms with E-state index in [2.05, 4.69) is 20.4 Å². The van der Waals surface area contributed by atoms with E-state index in [1.165, 1.54) is 28.8 Å². The van der Waals surface area contributed by atoms with Crippen LogP contribution in [0.4, 0.5) is 19.0 Å². The maximum atomic E-state index is 13.0. The number of ether oxygens (including phenoxy) is 1. The van der Waals surface area contributed by atoms with Gasteiger partial charge in [-0.1, -0.05) is 11.8 Å². The Bertz CT molecular complexity index is 1130. The first-order valence-electron chi connectivity index (χ1n) is 9.20. The lowest BCUT2D eigenvalue weighted by Crippen LogP contribution is -2.28. The molecule has 0 aliphatic carbocycles. The largest absolute Gasteiger partial charge is 0.484 e. The van der Waals surface area contributed by atoms with E-state index in [0.29, 0.717) is 0 Å². The van der Waals surface area contributed by atoms with Gasteiger partial charge < -0.3 is 15.4 Å². The maximum absolute atomic E-state index is 13.0. The van der Waals surface area contributed by atoms with E-state index in [1.807, 2.05) is 6.07 Å². The summed E-state index contributed by atoms with van der Waals surface area (Å²) in [6.07, 6.45) is -4.50. The lowest BCUT2D eigenvalue weighted by molar-refractivity contribution is -0.153. The Morgan fingerprint density at radius 1 is 1.31 bits per heavy atom. The van der Waals surface area contributed by atoms with E-state index in [1.54, 1.807) is 0 Å². The second-order valence-corrected chi connectivity index (χ2v) is 7.47. The summed E-state index contributed by atoms with van der Waals surface area (Å²) in [5, 5.41) is 13.7. The van der Waals surface area contributed by atoms with E-state index in [-0.39, 0.29) is 59.0 Å². The summed E-state index contributed by atoms with van der Waals surface area (Å²) < 4.78 is 42.9. The number of carbonyl (C=O) groups is 2. The minimum atomic E-state index is -4.49. The molecule has 0 saturated carbocycles. The van der Waals surface area contributed by atoms with Crippen molar-refractivity contribution in [1.29, 1.82) is 5.26 Å². The predicted molar refractivity (Wildman–Crippen MR) is 108 cm³/mol. The number of amides is 2. The molecule has 1 aliphatic heterocycles. The van der Waals surface area contributed by atoms with Crippen LogP contribution in [0.5, 0.6) is 5.75 Å². The van der Waals surface area contributed by atoms with Crippen LogP contribution < -0.4 is 20.9 Å². The Labute approximate surface area is 183 Å². The zero-order valence-electron chi connectivity index (χ0n) is 16.4. The van der Waals surface area contributed by atoms with Gasteiger partial charge in [-0.05, 0) is 24.3 Å². The number of fused-ring (bicyclic) bond motifs is 1. The SMILES string of the molecule is N#CCCNC(=O)CSc1nc2c(c(=O)n1-c1ccc(OCC(F)(F)F)cc1)CC(=O)N2. The van der Waals surface area contributed by atoms with Crippen molar-refractivity contribution in [3.05, 3.63) is 40.2 Å². The molecule has 13 heteroatoms. The number of rotatable bonds is 8. The van der Waals surface area contributed by atoms with Gasteiger partial charge in [-0.25, -0.2) is 4.98 Å². The van der Waals surface area contributed by atoms with Crippen LogP contribution in [0.15, 0.2) is 34.2 Å². The molecule has 1 aromatic heterocycles. The molecule has 2 N–H and O–H groups in total. The van der Waals surface area contributed by atoms with Crippen molar-refractivity contribution in [2.45, 2.75) is 24.2 Å². The summed E-state index contributed by atoms with van der Waals surface area (Å²) in [5.41, 5.74) is -0.115. The molecular weight excluding hydrogens is 451 g/mol. The maximum Gasteiger partial charge on any atom is 0.422 e. The number of aromatic nitrogens is 2. The highest BCUT2D eigenvalue weighted by Crippen LogP contribution is 2.26. The molecule has 2 amide bonds. The quantitative estimate of drug-likeness (QED) is 0.344. The molecule has 2 heterocycles. The average molecular weight is 467 g/mol. The molecule has 0 fully saturated rings. The fraction of sp³-hybridized carbons (Fsp3) is 0.316. The smallest absolute Gasteiger partial charge is 0.422 e. The van der Waals surface area contributed by atoms with Crippen LogP contribution in [-0.4, -0.2) is 46.4 Å². The molecule has 1 aliphatic rings. The molecule has 0 spiro atoms. The van der Waals surface area contributed by atoms with Gasteiger partial charge in [-0.15, -0.1) is 0 Å². The molecule has 0 radical (unpaired) electrons. The van der Waals surface area contributed by atoms with E-state index in [4.69, 9.17) is 5.26 Å². The standard InChI is InChI=1S/C19H16F3N5O4S/c20-19(21,22)10-31-12-4-2-11(3-5-12)27-17(30)13-8-14(28)25-16(13)26-18(27)32-9-15(29)24-7-1-6-23/h2-5H,1,7-10H2,(H,24,29)(H,25,28). The number of halogens is 3. The predicted octanol–water partition coefficient (Wildman–Crippen LogP) is 1.79. The van der Waals surface area contributed by atoms with Gasteiger partial charge >= 0.3 is 6.18 Å². The Morgan fingerprint density at radius 3 is 2.69 bits per heavy atom. The molecule has 9 nitrogen and oxygen atoms in total. The zero-order chi connectivity index (χ0) is 23.3. The molecule has 0 unspecified atom stereocenters. The van der Waals surface area contributed by atoms with Crippen molar-refractivity contribution in [3.63, 3.8) is 0 Å². The first-order chi connectivity index (χ1) is 15.2. The summed E-state index contributed by atoms with van der Waals surface area (Å²) in [6, 6.07) is 7.19. The second kappa shape index (κ2) is 9.73. The van der Waals surface area contributed by atoms with Gasteiger partial charge in [0.25, 0.3) is 5.56 Å². The first-order valence-corrected chi connectivity index (χ1v) is 10.2. The number of anilines is 1. The minimum absolute atomic E-state index is 0.0452. The van der Waals surface area contributed by atoms with Crippen LogP contribution in [0, 0.1) is 11.3 Å². The van der Waals surface area contributed by atoms with Crippen molar-refractivity contribution in [3.8, 4) is 17.5 Å². The van der Waals surface area contributed by atoms with Crippen molar-refractivity contribution >= 4 is 29.4 Å². The molecule has 0 atom stereocenters. The molecule has 2 aromatic rings. The summed E-state index contributed by atoms with van der Waals surface area (Å²) in [5.74, 6) is -0.836. The van der Waals surface area contributed by atoms with E-state index < -0.39 is 24.2 Å². The Morgan fingerprint density at radius 2 is 2.03 bits per heavy atom. The summed E-state index contributed by atoms with van der Waals surface area (Å²) in [7, 11) is 0. The van der Waals surface area contributed by atoms with Gasteiger partial charge in [-0.3, -0.25) is 19.0 Å². The number of hydrogen-bond donors (Lipinski definition) is 2. The van der Waals surface area contributed by atoms with E-state index >= 15 is 0 Å². The van der Waals surface area contributed by atoms with Crippen LogP contribution in [0.2, 0.25) is 0 Å². The monoisotopic (exact) mass is 467 g/mol. The normalized spacial score (nSPS) is 12.6. The minimum Gasteiger partial charge on any atom is -0.484 e. The van der Waals surface area contributed by atoms with E-state index in [0.717, 1.165) is 11.8 Å². The van der Waals surface area contributed by atoms with Crippen molar-refractivity contribution in [1.82, 2.24) is 14.9 Å². The van der Waals surface area contributed by atoms with Gasteiger partial charge in [0.15, 0.2) is 11.8 Å². The molecular formula is C19H16F3N5O4S. The highest BCUT2D eigenvalue weighted by Gasteiger charge is 2.29. The number of benzene rings is 1. The first kappa shape index (κ1) is 23.1. The molecule has 1 aromatic carbocycles. The number of nitrogens with zero attached hydrogens (tertiary/aromatic N) is 3. The number of nitrogens with one attached hydrogen (secondary N) is 2. The Balaban J connectivity index is 1.88. The number of thioether (sulfide) groups is 1. The van der Waals surface area contributed by atoms with Crippen molar-refractivity contribution < 1.29 is 27.5 Å². The lowest BCUT2D eigenvalue weighted by Gasteiger charge is -2.14. The second-order valence-electron chi connectivity index (χ2n) is 6.53. The van der Waals surface area contributed by atoms with Crippen LogP contribution in [-0.2, 0) is 16.0 Å². The summed E-state index contributed by atoms with van der Waals surface area (Å²) >= 11 is 0.933. The lowest BCUT2D eigenvalue weighted by atomic mass is 10.2. The fourth-order valence-corrected chi connectivity index (χ4v) is 3.59. The number of carbonyl (C=O) groups excluding carboxylic acids is 2. The Kier molecular flexibility index (Phi) is 7.04. The van der Waals surface area contributed by atoms with E-state index in [9.17, 15) is 27.6 Å². The van der Waals surface area contributed by atoms with Crippen LogP contribution in [0.1, 0.15) is 12.0 Å². The molecule has 168 valence electrons. The molecule has 0 saturated heterocycles. The number of nitriles is 1. The van der Waals surface area contributed by atoms with Gasteiger partial charge in [0.2, 0.25) is 11.8 Å². The van der Waals surface area contributed by atoms with Crippen LogP contribution in [0.3, 0.4) is 0 Å². The van der Waals surface area contributed by atoms with Crippen molar-refractivity contribution in [2.75, 3.05) is 24.2 Å². The van der Waals surface area contributed by atoms with Crippen LogP contribution in [0.25, 0.3) is 5.69 Å². The summed E-state index contributed by atoms with van der Waals surface area (Å²) in [6.45, 7) is -1.28. The third-order valence-corrected chi connectivity index (χ3v) is 5.07. The number of hydrogen-bond acceptors (Lipinski definition) is 7. The third-order valence-electron chi connectivity index (χ3n) is 4.13. The van der Waals surface area contributed by atoms with Gasteiger partial charge in [0.1, 0.15) is 11.6 Å². The highest BCUT2D eigenvalue weighted by molar-refractivity contribution is 7.99. The zero-order valence-corrected chi connectivity index (χ0v) is 17.2. The molecule has 3 rings (SSSR count). The van der Waals surface area contributed by atoms with Gasteiger partial charge in [0.05, 0.1) is 35.9 Å². The van der Waals surface area contributed by atoms with Crippen molar-refractivity contribution in [2.24, 2.45) is 0 Å². The summed E-state index contributed by atoms with van der Waals surface area (Å²) in [4.78, 5) is 41.0. The highest BCUT2D eigenvalue weighted by atomic mass is 32.2. The molecule has 32 heavy (non-hydrogen) atoms.